The first kappa shape index (κ1) is 24.2. The van der Waals surface area contributed by atoms with Gasteiger partial charge in [-0.15, -0.1) is 0 Å². The van der Waals surface area contributed by atoms with E-state index in [0.29, 0.717) is 19.6 Å². The molecule has 34 heavy (non-hydrogen) atoms. The van der Waals surface area contributed by atoms with E-state index < -0.39 is 18.1 Å². The topological polar surface area (TPSA) is 91.3 Å². The third-order valence-electron chi connectivity index (χ3n) is 6.74. The number of aliphatic carboxylic acids is 1. The van der Waals surface area contributed by atoms with Crippen molar-refractivity contribution in [3.05, 3.63) is 59.7 Å². The summed E-state index contributed by atoms with van der Waals surface area (Å²) >= 11 is 0. The number of hydrogen-bond acceptors (Lipinski definition) is 6. The molecule has 2 N–H and O–H groups in total. The zero-order chi connectivity index (χ0) is 23.9. The Kier molecular flexibility index (Phi) is 8.16. The third-order valence-corrected chi connectivity index (χ3v) is 6.74. The number of carbonyl (C=O) groups excluding carboxylic acids is 1. The number of amides is 1. The van der Waals surface area contributed by atoms with Crippen molar-refractivity contribution in [2.45, 2.75) is 18.4 Å². The smallest absolute Gasteiger partial charge is 0.407 e. The van der Waals surface area contributed by atoms with E-state index in [9.17, 15) is 14.7 Å². The quantitative estimate of drug-likeness (QED) is 0.555. The van der Waals surface area contributed by atoms with Gasteiger partial charge in [0.15, 0.2) is 0 Å². The predicted molar refractivity (Wildman–Crippen MR) is 129 cm³/mol. The van der Waals surface area contributed by atoms with Gasteiger partial charge in [0.2, 0.25) is 0 Å². The Morgan fingerprint density at radius 2 is 1.53 bits per heavy atom. The average Bonchev–Trinajstić information content (AvgIpc) is 3.18. The van der Waals surface area contributed by atoms with Crippen molar-refractivity contribution in [2.75, 3.05) is 59.6 Å². The number of nitrogens with one attached hydrogen (secondary N) is 1. The van der Waals surface area contributed by atoms with Crippen molar-refractivity contribution in [2.24, 2.45) is 0 Å². The molecule has 8 nitrogen and oxygen atoms in total. The van der Waals surface area contributed by atoms with Crippen LogP contribution in [0, 0.1) is 0 Å². The summed E-state index contributed by atoms with van der Waals surface area (Å²) in [6.45, 7) is 6.01. The summed E-state index contributed by atoms with van der Waals surface area (Å²) in [5.74, 6) is -1.11. The minimum atomic E-state index is -1.05. The van der Waals surface area contributed by atoms with E-state index in [1.165, 1.54) is 0 Å². The zero-order valence-corrected chi connectivity index (χ0v) is 19.6. The van der Waals surface area contributed by atoms with Crippen molar-refractivity contribution in [3.8, 4) is 11.1 Å². The number of methoxy groups -OCH3 is 1. The molecule has 2 aromatic carbocycles. The number of carboxylic acids is 1. The molecule has 1 fully saturated rings. The van der Waals surface area contributed by atoms with Crippen LogP contribution < -0.4 is 5.32 Å². The summed E-state index contributed by atoms with van der Waals surface area (Å²) in [7, 11) is 1.70. The molecule has 4 rings (SSSR count). The van der Waals surface area contributed by atoms with Crippen LogP contribution in [0.3, 0.4) is 0 Å². The largest absolute Gasteiger partial charge is 0.480 e. The summed E-state index contributed by atoms with van der Waals surface area (Å²) in [5, 5.41) is 12.2. The Balaban J connectivity index is 1.27. The predicted octanol–water partition coefficient (Wildman–Crippen LogP) is 2.63. The lowest BCUT2D eigenvalue weighted by Gasteiger charge is -2.34. The van der Waals surface area contributed by atoms with E-state index in [1.54, 1.807) is 7.11 Å². The number of ether oxygens (including phenoxy) is 2. The molecule has 0 aromatic heterocycles. The van der Waals surface area contributed by atoms with Crippen LogP contribution in [0.25, 0.3) is 11.1 Å². The van der Waals surface area contributed by atoms with E-state index in [2.05, 4.69) is 39.4 Å². The van der Waals surface area contributed by atoms with Crippen molar-refractivity contribution in [3.63, 3.8) is 0 Å². The van der Waals surface area contributed by atoms with E-state index >= 15 is 0 Å². The lowest BCUT2D eigenvalue weighted by atomic mass is 9.98. The molecular weight excluding hydrogens is 434 g/mol. The zero-order valence-electron chi connectivity index (χ0n) is 19.6. The lowest BCUT2D eigenvalue weighted by Crippen LogP contribution is -2.49. The highest BCUT2D eigenvalue weighted by Gasteiger charge is 2.30. The van der Waals surface area contributed by atoms with E-state index in [-0.39, 0.29) is 12.5 Å². The fourth-order valence-electron chi connectivity index (χ4n) is 4.81. The molecule has 0 bridgehead atoms. The first-order valence-corrected chi connectivity index (χ1v) is 11.8. The highest BCUT2D eigenvalue weighted by Crippen LogP contribution is 2.44. The molecule has 1 aliphatic heterocycles. The molecule has 1 atom stereocenters. The van der Waals surface area contributed by atoms with Crippen LogP contribution in [0.15, 0.2) is 48.5 Å². The molecule has 1 saturated heterocycles. The van der Waals surface area contributed by atoms with Crippen molar-refractivity contribution >= 4 is 12.1 Å². The second-order valence-corrected chi connectivity index (χ2v) is 8.83. The molecule has 2 aromatic rings. The van der Waals surface area contributed by atoms with Crippen molar-refractivity contribution in [1.29, 1.82) is 0 Å². The number of benzene rings is 2. The van der Waals surface area contributed by atoms with Crippen LogP contribution >= 0.6 is 0 Å². The first-order valence-electron chi connectivity index (χ1n) is 11.8. The third kappa shape index (κ3) is 5.75. The summed E-state index contributed by atoms with van der Waals surface area (Å²) in [6.07, 6.45) is -0.365. The Morgan fingerprint density at radius 1 is 0.971 bits per heavy atom. The number of alkyl carbamates (subject to hydrolysis) is 1. The van der Waals surface area contributed by atoms with Gasteiger partial charge in [-0.2, -0.15) is 0 Å². The Morgan fingerprint density at radius 3 is 2.09 bits per heavy atom. The van der Waals surface area contributed by atoms with E-state index in [0.717, 1.165) is 55.0 Å². The van der Waals surface area contributed by atoms with Crippen LogP contribution in [0.1, 0.15) is 23.5 Å². The van der Waals surface area contributed by atoms with Gasteiger partial charge in [0, 0.05) is 52.3 Å². The maximum Gasteiger partial charge on any atom is 0.407 e. The lowest BCUT2D eigenvalue weighted by molar-refractivity contribution is -0.139. The van der Waals surface area contributed by atoms with Gasteiger partial charge in [-0.3, -0.25) is 4.90 Å². The van der Waals surface area contributed by atoms with Gasteiger partial charge in [0.05, 0.1) is 6.61 Å². The normalized spacial score (nSPS) is 17.1. The Bertz CT molecular complexity index is 944. The van der Waals surface area contributed by atoms with Gasteiger partial charge in [0.25, 0.3) is 0 Å². The molecule has 1 unspecified atom stereocenters. The van der Waals surface area contributed by atoms with Crippen LogP contribution in [-0.2, 0) is 14.3 Å². The summed E-state index contributed by atoms with van der Waals surface area (Å²) in [5.41, 5.74) is 4.54. The molecule has 0 saturated carbocycles. The van der Waals surface area contributed by atoms with Crippen LogP contribution in [0.4, 0.5) is 4.79 Å². The van der Waals surface area contributed by atoms with Gasteiger partial charge >= 0.3 is 12.1 Å². The van der Waals surface area contributed by atoms with Gasteiger partial charge in [0.1, 0.15) is 12.6 Å². The van der Waals surface area contributed by atoms with E-state index in [4.69, 9.17) is 9.47 Å². The highest BCUT2D eigenvalue weighted by molar-refractivity contribution is 5.81. The molecular formula is C26H33N3O5. The van der Waals surface area contributed by atoms with Crippen molar-refractivity contribution in [1.82, 2.24) is 15.1 Å². The second-order valence-electron chi connectivity index (χ2n) is 8.83. The number of nitrogens with zero attached hydrogens (tertiary/aromatic N) is 2. The Hall–Kier alpha value is -2.94. The number of carboxylic acid groups (broad SMARTS) is 1. The average molecular weight is 468 g/mol. The van der Waals surface area contributed by atoms with E-state index in [1.807, 2.05) is 24.3 Å². The van der Waals surface area contributed by atoms with Crippen molar-refractivity contribution < 1.29 is 24.2 Å². The summed E-state index contributed by atoms with van der Waals surface area (Å²) in [6, 6.07) is 15.2. The number of hydrogen-bond donors (Lipinski definition) is 2. The SMILES string of the molecule is COCCN1CCN(CCC(NC(=O)OCC2c3ccccc3-c3ccccc32)C(=O)O)CC1. The van der Waals surface area contributed by atoms with Gasteiger partial charge < -0.3 is 24.8 Å². The van der Waals surface area contributed by atoms with Crippen LogP contribution in [0.2, 0.25) is 0 Å². The molecule has 0 spiro atoms. The van der Waals surface area contributed by atoms with Gasteiger partial charge in [-0.25, -0.2) is 9.59 Å². The maximum atomic E-state index is 12.5. The van der Waals surface area contributed by atoms with Crippen LogP contribution in [0.5, 0.6) is 0 Å². The molecule has 8 heteroatoms. The molecule has 0 radical (unpaired) electrons. The number of piperazine rings is 1. The Labute approximate surface area is 200 Å². The molecule has 1 amide bonds. The molecule has 182 valence electrons. The molecule has 2 aliphatic rings. The highest BCUT2D eigenvalue weighted by atomic mass is 16.5. The first-order chi connectivity index (χ1) is 16.6. The summed E-state index contributed by atoms with van der Waals surface area (Å²) < 4.78 is 10.6. The van der Waals surface area contributed by atoms with Crippen LogP contribution in [-0.4, -0.2) is 92.6 Å². The van der Waals surface area contributed by atoms with Gasteiger partial charge in [-0.05, 0) is 28.7 Å². The summed E-state index contributed by atoms with van der Waals surface area (Å²) in [4.78, 5) is 28.8. The number of rotatable bonds is 10. The standard InChI is InChI=1S/C26H33N3O5/c1-33-17-16-29-14-12-28(13-15-29)11-10-24(25(30)31)27-26(32)34-18-23-21-8-4-2-6-19(21)20-7-3-5-9-22(20)23/h2-9,23-24H,10-18H2,1H3,(H,27,32)(H,30,31). The monoisotopic (exact) mass is 467 g/mol. The minimum absolute atomic E-state index is 0.0594. The fraction of sp³-hybridized carbons (Fsp3) is 0.462. The molecule has 1 heterocycles. The number of carbonyl (C=O) groups is 2. The minimum Gasteiger partial charge on any atom is -0.480 e. The maximum absolute atomic E-state index is 12.5. The van der Waals surface area contributed by atoms with Gasteiger partial charge in [-0.1, -0.05) is 48.5 Å². The number of fused-ring (bicyclic) bond motifs is 3. The molecule has 1 aliphatic carbocycles. The fourth-order valence-corrected chi connectivity index (χ4v) is 4.81. The second kappa shape index (κ2) is 11.5.